The van der Waals surface area contributed by atoms with E-state index in [1.54, 1.807) is 30.6 Å². The molecule has 0 bridgehead atoms. The van der Waals surface area contributed by atoms with Crippen LogP contribution in [0.2, 0.25) is 0 Å². The lowest BCUT2D eigenvalue weighted by Crippen LogP contribution is -2.51. The molecule has 2 aromatic rings. The number of aliphatic hydroxyl groups is 1. The number of aliphatic hydroxyl groups excluding tert-OH is 1. The molecule has 1 aromatic carbocycles. The van der Waals surface area contributed by atoms with E-state index in [4.69, 9.17) is 5.21 Å². The summed E-state index contributed by atoms with van der Waals surface area (Å²) in [6, 6.07) is 8.67. The van der Waals surface area contributed by atoms with Crippen LogP contribution in [-0.2, 0) is 4.79 Å². The van der Waals surface area contributed by atoms with Crippen LogP contribution in [-0.4, -0.2) is 39.3 Å². The normalized spacial score (nSPS) is 11.7. The Balaban J connectivity index is 2.03. The fourth-order valence-corrected chi connectivity index (χ4v) is 2.05. The molecule has 7 nitrogen and oxygen atoms in total. The summed E-state index contributed by atoms with van der Waals surface area (Å²) in [5, 5.41) is 20.5. The van der Waals surface area contributed by atoms with Crippen LogP contribution in [0.3, 0.4) is 0 Å². The van der Waals surface area contributed by atoms with Crippen molar-refractivity contribution in [2.45, 2.75) is 19.1 Å². The maximum atomic E-state index is 12.2. The van der Waals surface area contributed by atoms with Gasteiger partial charge in [-0.1, -0.05) is 11.8 Å². The summed E-state index contributed by atoms with van der Waals surface area (Å²) in [7, 11) is 0. The second-order valence-electron chi connectivity index (χ2n) is 5.49. The molecule has 0 aliphatic rings. The van der Waals surface area contributed by atoms with Crippen LogP contribution in [0.25, 0.3) is 0 Å². The minimum atomic E-state index is -1.27. The minimum Gasteiger partial charge on any atom is -0.391 e. The van der Waals surface area contributed by atoms with Gasteiger partial charge in [-0.05, 0) is 55.2 Å². The van der Waals surface area contributed by atoms with Crippen molar-refractivity contribution < 1.29 is 19.9 Å². The Morgan fingerprint density at radius 2 is 1.74 bits per heavy atom. The Hall–Kier alpha value is -3.65. The molecule has 0 aliphatic carbocycles. The molecular formula is C20H17N3O4. The predicted molar refractivity (Wildman–Crippen MR) is 97.3 cm³/mol. The Labute approximate surface area is 156 Å². The number of carbonyl (C=O) groups excluding carboxylic acids is 2. The van der Waals surface area contributed by atoms with E-state index in [2.05, 4.69) is 34.0 Å². The number of aromatic nitrogens is 1. The van der Waals surface area contributed by atoms with Gasteiger partial charge in [0, 0.05) is 29.1 Å². The number of rotatable bonds is 4. The zero-order chi connectivity index (χ0) is 19.6. The number of benzene rings is 1. The summed E-state index contributed by atoms with van der Waals surface area (Å²) in [5.41, 5.74) is 3.10. The number of carbonyl (C=O) groups is 2. The topological polar surface area (TPSA) is 112 Å². The second-order valence-corrected chi connectivity index (χ2v) is 5.49. The van der Waals surface area contributed by atoms with Gasteiger partial charge in [-0.25, -0.2) is 5.48 Å². The molecular weight excluding hydrogens is 346 g/mol. The maximum absolute atomic E-state index is 12.2. The van der Waals surface area contributed by atoms with Crippen molar-refractivity contribution in [1.82, 2.24) is 15.8 Å². The highest BCUT2D eigenvalue weighted by Crippen LogP contribution is 2.05. The van der Waals surface area contributed by atoms with Crippen LogP contribution < -0.4 is 10.8 Å². The highest BCUT2D eigenvalue weighted by atomic mass is 16.5. The molecule has 0 spiro atoms. The molecule has 7 heteroatoms. The number of hydroxylamine groups is 1. The Kier molecular flexibility index (Phi) is 7.09. The van der Waals surface area contributed by atoms with Gasteiger partial charge in [0.1, 0.15) is 6.04 Å². The van der Waals surface area contributed by atoms with Crippen molar-refractivity contribution in [1.29, 1.82) is 0 Å². The minimum absolute atomic E-state index is 0.276. The summed E-state index contributed by atoms with van der Waals surface area (Å²) in [6.07, 6.45) is 2.12. The largest absolute Gasteiger partial charge is 0.391 e. The number of hydrogen-bond donors (Lipinski definition) is 4. The fourth-order valence-electron chi connectivity index (χ4n) is 2.05. The SMILES string of the molecule is CC(O)C(NC(=O)c1ccc(C#CC#Cc2cccnc2)cc1)C(=O)NO. The standard InChI is InChI=1S/C20H17N3O4/c1-14(24)18(20(26)23-27)22-19(25)17-10-8-15(9-11-17)5-2-3-6-16-7-4-12-21-13-16/h4,7-14,18,24,27H,1H3,(H,22,25)(H,23,26). The average Bonchev–Trinajstić information content (AvgIpc) is 2.69. The molecule has 1 heterocycles. The third kappa shape index (κ3) is 5.98. The van der Waals surface area contributed by atoms with Gasteiger partial charge >= 0.3 is 0 Å². The van der Waals surface area contributed by atoms with Crippen LogP contribution in [0, 0.1) is 23.7 Å². The number of hydrogen-bond acceptors (Lipinski definition) is 5. The van der Waals surface area contributed by atoms with E-state index in [1.807, 2.05) is 6.07 Å². The first-order chi connectivity index (χ1) is 13.0. The smallest absolute Gasteiger partial charge is 0.268 e. The number of pyridine rings is 1. The van der Waals surface area contributed by atoms with Crippen LogP contribution in [0.5, 0.6) is 0 Å². The molecule has 136 valence electrons. The lowest BCUT2D eigenvalue weighted by atomic mass is 10.1. The highest BCUT2D eigenvalue weighted by Gasteiger charge is 2.25. The van der Waals surface area contributed by atoms with E-state index < -0.39 is 24.0 Å². The summed E-state index contributed by atoms with van der Waals surface area (Å²) in [4.78, 5) is 27.6. The molecule has 0 fully saturated rings. The van der Waals surface area contributed by atoms with Gasteiger partial charge in [0.05, 0.1) is 6.10 Å². The summed E-state index contributed by atoms with van der Waals surface area (Å²) < 4.78 is 0. The van der Waals surface area contributed by atoms with Gasteiger partial charge in [0.15, 0.2) is 0 Å². The Bertz CT molecular complexity index is 917. The van der Waals surface area contributed by atoms with Crippen molar-refractivity contribution in [2.24, 2.45) is 0 Å². The molecule has 2 rings (SSSR count). The maximum Gasteiger partial charge on any atom is 0.268 e. The third-order valence-corrected chi connectivity index (χ3v) is 3.45. The molecule has 4 N–H and O–H groups in total. The molecule has 0 radical (unpaired) electrons. The Morgan fingerprint density at radius 3 is 2.30 bits per heavy atom. The first-order valence-electron chi connectivity index (χ1n) is 7.96. The lowest BCUT2D eigenvalue weighted by Gasteiger charge is -2.19. The quantitative estimate of drug-likeness (QED) is 0.358. The van der Waals surface area contributed by atoms with Crippen molar-refractivity contribution in [3.05, 3.63) is 65.5 Å². The van der Waals surface area contributed by atoms with Crippen molar-refractivity contribution in [2.75, 3.05) is 0 Å². The van der Waals surface area contributed by atoms with Gasteiger partial charge < -0.3 is 10.4 Å². The van der Waals surface area contributed by atoms with Gasteiger partial charge in [0.25, 0.3) is 11.8 Å². The van der Waals surface area contributed by atoms with E-state index >= 15 is 0 Å². The monoisotopic (exact) mass is 363 g/mol. The van der Waals surface area contributed by atoms with E-state index in [1.165, 1.54) is 24.5 Å². The number of nitrogens with one attached hydrogen (secondary N) is 2. The molecule has 2 atom stereocenters. The van der Waals surface area contributed by atoms with Gasteiger partial charge in [-0.3, -0.25) is 19.8 Å². The van der Waals surface area contributed by atoms with Gasteiger partial charge in [-0.15, -0.1) is 0 Å². The average molecular weight is 363 g/mol. The lowest BCUT2D eigenvalue weighted by molar-refractivity contribution is -0.133. The van der Waals surface area contributed by atoms with Crippen LogP contribution in [0.15, 0.2) is 48.8 Å². The Morgan fingerprint density at radius 1 is 1.07 bits per heavy atom. The summed E-state index contributed by atoms with van der Waals surface area (Å²) in [6.45, 7) is 1.32. The zero-order valence-corrected chi connectivity index (χ0v) is 14.4. The molecule has 0 saturated heterocycles. The van der Waals surface area contributed by atoms with Crippen LogP contribution >= 0.6 is 0 Å². The third-order valence-electron chi connectivity index (χ3n) is 3.45. The molecule has 0 aliphatic heterocycles. The molecule has 1 aromatic heterocycles. The fraction of sp³-hybridized carbons (Fsp3) is 0.150. The van der Waals surface area contributed by atoms with E-state index in [0.29, 0.717) is 5.56 Å². The second kappa shape index (κ2) is 9.73. The van der Waals surface area contributed by atoms with Crippen LogP contribution in [0.4, 0.5) is 0 Å². The molecule has 0 saturated carbocycles. The summed E-state index contributed by atoms with van der Waals surface area (Å²) >= 11 is 0. The van der Waals surface area contributed by atoms with E-state index in [-0.39, 0.29) is 5.56 Å². The predicted octanol–water partition coefficient (Wildman–Crippen LogP) is 0.469. The molecule has 27 heavy (non-hydrogen) atoms. The van der Waals surface area contributed by atoms with Crippen molar-refractivity contribution in [3.8, 4) is 23.7 Å². The van der Waals surface area contributed by atoms with E-state index in [0.717, 1.165) is 5.56 Å². The van der Waals surface area contributed by atoms with Gasteiger partial charge in [-0.2, -0.15) is 0 Å². The van der Waals surface area contributed by atoms with Crippen LogP contribution in [0.1, 0.15) is 28.4 Å². The first-order valence-corrected chi connectivity index (χ1v) is 7.96. The van der Waals surface area contributed by atoms with E-state index in [9.17, 15) is 14.7 Å². The number of nitrogens with zero attached hydrogens (tertiary/aromatic N) is 1. The highest BCUT2D eigenvalue weighted by molar-refractivity contribution is 5.97. The van der Waals surface area contributed by atoms with Crippen molar-refractivity contribution >= 4 is 11.8 Å². The molecule has 2 unspecified atom stereocenters. The zero-order valence-electron chi connectivity index (χ0n) is 14.4. The van der Waals surface area contributed by atoms with Crippen molar-refractivity contribution in [3.63, 3.8) is 0 Å². The molecule has 2 amide bonds. The first kappa shape index (κ1) is 19.7. The van der Waals surface area contributed by atoms with Gasteiger partial charge in [0.2, 0.25) is 0 Å². The number of amides is 2. The summed E-state index contributed by atoms with van der Waals surface area (Å²) in [5.74, 6) is 9.67.